The first-order valence-electron chi connectivity index (χ1n) is 6.53. The Morgan fingerprint density at radius 2 is 1.90 bits per heavy atom. The molecule has 0 saturated carbocycles. The molecule has 0 unspecified atom stereocenters. The molecule has 0 spiro atoms. The van der Waals surface area contributed by atoms with Crippen molar-refractivity contribution in [2.75, 3.05) is 11.9 Å². The predicted octanol–water partition coefficient (Wildman–Crippen LogP) is 3.34. The number of amides is 1. The van der Waals surface area contributed by atoms with Crippen molar-refractivity contribution in [3.05, 3.63) is 48.0 Å². The Bertz CT molecular complexity index is 768. The number of anilines is 1. The van der Waals surface area contributed by atoms with Crippen molar-refractivity contribution >= 4 is 34.4 Å². The fraction of sp³-hybridized carbons (Fsp3) is 0.133. The van der Waals surface area contributed by atoms with Crippen LogP contribution in [0.5, 0.6) is 5.75 Å². The number of hydrogen-bond donors (Lipinski definition) is 1. The molecule has 2 aromatic carbocycles. The lowest BCUT2D eigenvalue weighted by atomic mass is 10.2. The Labute approximate surface area is 125 Å². The van der Waals surface area contributed by atoms with E-state index in [0.29, 0.717) is 17.9 Å². The summed E-state index contributed by atoms with van der Waals surface area (Å²) in [5, 5.41) is 2.85. The number of ether oxygens (including phenoxy) is 1. The molecule has 0 saturated heterocycles. The summed E-state index contributed by atoms with van der Waals surface area (Å²) in [5.41, 5.74) is 2.90. The molecule has 1 N–H and O–H groups in total. The Morgan fingerprint density at radius 3 is 2.67 bits per heavy atom. The molecule has 5 nitrogen and oxygen atoms in total. The first-order valence-corrected chi connectivity index (χ1v) is 7.26. The maximum atomic E-state index is 12.2. The number of fused-ring (bicyclic) bond motifs is 1. The van der Waals surface area contributed by atoms with Gasteiger partial charge in [0.05, 0.1) is 18.3 Å². The molecule has 106 valence electrons. The SMILES string of the molecule is CCOc1ccc(C(=O)Nc2ccc3nsnc3c2)cc1. The molecule has 1 amide bonds. The van der Waals surface area contributed by atoms with Crippen LogP contribution in [0.2, 0.25) is 0 Å². The monoisotopic (exact) mass is 299 g/mol. The zero-order chi connectivity index (χ0) is 14.7. The number of carbonyl (C=O) groups is 1. The van der Waals surface area contributed by atoms with E-state index in [1.54, 1.807) is 24.3 Å². The maximum Gasteiger partial charge on any atom is 0.255 e. The third-order valence-electron chi connectivity index (χ3n) is 2.94. The van der Waals surface area contributed by atoms with Gasteiger partial charge in [0, 0.05) is 11.3 Å². The average molecular weight is 299 g/mol. The van der Waals surface area contributed by atoms with Crippen LogP contribution in [0.25, 0.3) is 11.0 Å². The van der Waals surface area contributed by atoms with Gasteiger partial charge in [0.2, 0.25) is 0 Å². The minimum absolute atomic E-state index is 0.166. The molecule has 21 heavy (non-hydrogen) atoms. The first-order chi connectivity index (χ1) is 10.3. The third-order valence-corrected chi connectivity index (χ3v) is 3.50. The van der Waals surface area contributed by atoms with Crippen molar-refractivity contribution in [2.45, 2.75) is 6.92 Å². The van der Waals surface area contributed by atoms with Crippen LogP contribution in [0.15, 0.2) is 42.5 Å². The van der Waals surface area contributed by atoms with Gasteiger partial charge in [0.25, 0.3) is 5.91 Å². The lowest BCUT2D eigenvalue weighted by molar-refractivity contribution is 0.102. The van der Waals surface area contributed by atoms with Gasteiger partial charge in [-0.3, -0.25) is 4.79 Å². The van der Waals surface area contributed by atoms with Crippen LogP contribution in [0.3, 0.4) is 0 Å². The van der Waals surface area contributed by atoms with E-state index >= 15 is 0 Å². The molecule has 0 fully saturated rings. The van der Waals surface area contributed by atoms with Gasteiger partial charge in [-0.15, -0.1) is 0 Å². The van der Waals surface area contributed by atoms with Gasteiger partial charge in [-0.1, -0.05) is 0 Å². The van der Waals surface area contributed by atoms with Crippen LogP contribution < -0.4 is 10.1 Å². The number of nitrogens with zero attached hydrogens (tertiary/aromatic N) is 2. The van der Waals surface area contributed by atoms with Crippen LogP contribution >= 0.6 is 11.7 Å². The third kappa shape index (κ3) is 3.00. The van der Waals surface area contributed by atoms with E-state index in [1.807, 2.05) is 25.1 Å². The van der Waals surface area contributed by atoms with Gasteiger partial charge in [-0.2, -0.15) is 8.75 Å². The molecule has 6 heteroatoms. The highest BCUT2D eigenvalue weighted by Crippen LogP contribution is 2.18. The van der Waals surface area contributed by atoms with E-state index in [4.69, 9.17) is 4.74 Å². The second-order valence-electron chi connectivity index (χ2n) is 4.38. The summed E-state index contributed by atoms with van der Waals surface area (Å²) in [6, 6.07) is 12.5. The predicted molar refractivity (Wildman–Crippen MR) is 83.0 cm³/mol. The largest absolute Gasteiger partial charge is 0.494 e. The molecule has 1 aromatic heterocycles. The highest BCUT2D eigenvalue weighted by molar-refractivity contribution is 7.00. The summed E-state index contributed by atoms with van der Waals surface area (Å²) in [6.07, 6.45) is 0. The van der Waals surface area contributed by atoms with Crippen molar-refractivity contribution in [3.63, 3.8) is 0 Å². The van der Waals surface area contributed by atoms with E-state index in [2.05, 4.69) is 14.1 Å². The lowest BCUT2D eigenvalue weighted by Gasteiger charge is -2.06. The topological polar surface area (TPSA) is 64.1 Å². The van der Waals surface area contributed by atoms with Crippen LogP contribution in [-0.4, -0.2) is 21.3 Å². The van der Waals surface area contributed by atoms with Crippen molar-refractivity contribution in [1.29, 1.82) is 0 Å². The number of benzene rings is 2. The normalized spacial score (nSPS) is 10.5. The van der Waals surface area contributed by atoms with Crippen molar-refractivity contribution in [1.82, 2.24) is 8.75 Å². The zero-order valence-electron chi connectivity index (χ0n) is 11.4. The van der Waals surface area contributed by atoms with Gasteiger partial charge in [0.1, 0.15) is 16.8 Å². The fourth-order valence-electron chi connectivity index (χ4n) is 1.93. The van der Waals surface area contributed by atoms with E-state index in [0.717, 1.165) is 28.5 Å². The summed E-state index contributed by atoms with van der Waals surface area (Å²) >= 11 is 1.16. The quantitative estimate of drug-likeness (QED) is 0.802. The summed E-state index contributed by atoms with van der Waals surface area (Å²) in [4.78, 5) is 12.2. The number of nitrogens with one attached hydrogen (secondary N) is 1. The molecular formula is C15H13N3O2S. The lowest BCUT2D eigenvalue weighted by Crippen LogP contribution is -2.11. The highest BCUT2D eigenvalue weighted by atomic mass is 32.1. The Morgan fingerprint density at radius 1 is 1.14 bits per heavy atom. The fourth-order valence-corrected chi connectivity index (χ4v) is 2.45. The molecule has 0 atom stereocenters. The molecule has 0 aliphatic rings. The minimum Gasteiger partial charge on any atom is -0.494 e. The second kappa shape index (κ2) is 5.88. The van der Waals surface area contributed by atoms with Crippen molar-refractivity contribution < 1.29 is 9.53 Å². The van der Waals surface area contributed by atoms with Gasteiger partial charge in [-0.25, -0.2) is 0 Å². The Hall–Kier alpha value is -2.47. The maximum absolute atomic E-state index is 12.2. The molecule has 1 heterocycles. The van der Waals surface area contributed by atoms with Crippen molar-refractivity contribution in [2.24, 2.45) is 0 Å². The number of aromatic nitrogens is 2. The van der Waals surface area contributed by atoms with Gasteiger partial charge in [0.15, 0.2) is 0 Å². The van der Waals surface area contributed by atoms with Gasteiger partial charge < -0.3 is 10.1 Å². The second-order valence-corrected chi connectivity index (χ2v) is 4.91. The molecular weight excluding hydrogens is 286 g/mol. The summed E-state index contributed by atoms with van der Waals surface area (Å²) in [5.74, 6) is 0.588. The standard InChI is InChI=1S/C15H13N3O2S/c1-2-20-12-6-3-10(4-7-12)15(19)16-11-5-8-13-14(9-11)18-21-17-13/h3-9H,2H2,1H3,(H,16,19). The highest BCUT2D eigenvalue weighted by Gasteiger charge is 2.07. The van der Waals surface area contributed by atoms with E-state index in [-0.39, 0.29) is 5.91 Å². The summed E-state index contributed by atoms with van der Waals surface area (Å²) in [7, 11) is 0. The van der Waals surface area contributed by atoms with Crippen molar-refractivity contribution in [3.8, 4) is 5.75 Å². The van der Waals surface area contributed by atoms with E-state index in [9.17, 15) is 4.79 Å². The van der Waals surface area contributed by atoms with Crippen LogP contribution in [0.1, 0.15) is 17.3 Å². The first kappa shape index (κ1) is 13.5. The van der Waals surface area contributed by atoms with E-state index < -0.39 is 0 Å². The smallest absolute Gasteiger partial charge is 0.255 e. The number of hydrogen-bond acceptors (Lipinski definition) is 5. The average Bonchev–Trinajstić information content (AvgIpc) is 2.96. The van der Waals surface area contributed by atoms with Crippen LogP contribution in [0.4, 0.5) is 5.69 Å². The molecule has 0 radical (unpaired) electrons. The molecule has 0 bridgehead atoms. The minimum atomic E-state index is -0.166. The van der Waals surface area contributed by atoms with E-state index in [1.165, 1.54) is 0 Å². The van der Waals surface area contributed by atoms with Crippen LogP contribution in [0, 0.1) is 0 Å². The number of rotatable bonds is 4. The summed E-state index contributed by atoms with van der Waals surface area (Å²) < 4.78 is 13.6. The Balaban J connectivity index is 1.75. The Kier molecular flexibility index (Phi) is 3.79. The van der Waals surface area contributed by atoms with Gasteiger partial charge in [-0.05, 0) is 49.4 Å². The molecule has 0 aliphatic heterocycles. The molecule has 3 aromatic rings. The summed E-state index contributed by atoms with van der Waals surface area (Å²) in [6.45, 7) is 2.53. The van der Waals surface area contributed by atoms with Gasteiger partial charge >= 0.3 is 0 Å². The van der Waals surface area contributed by atoms with Crippen LogP contribution in [-0.2, 0) is 0 Å². The number of carbonyl (C=O) groups excluding carboxylic acids is 1. The molecule has 0 aliphatic carbocycles. The molecule has 3 rings (SSSR count). The zero-order valence-corrected chi connectivity index (χ0v) is 12.2.